The van der Waals surface area contributed by atoms with Gasteiger partial charge in [0.2, 0.25) is 0 Å². The van der Waals surface area contributed by atoms with Crippen LogP contribution >= 0.6 is 0 Å². The van der Waals surface area contributed by atoms with Gasteiger partial charge in [-0.05, 0) is 22.8 Å². The lowest BCUT2D eigenvalue weighted by atomic mass is 10.0. The van der Waals surface area contributed by atoms with Gasteiger partial charge in [-0.15, -0.1) is 0 Å². The van der Waals surface area contributed by atoms with Gasteiger partial charge in [-0.3, -0.25) is 4.79 Å². The molecule has 0 aliphatic rings. The van der Waals surface area contributed by atoms with E-state index in [9.17, 15) is 9.59 Å². The maximum absolute atomic E-state index is 12.8. The number of hydrogen-bond acceptors (Lipinski definition) is 3. The summed E-state index contributed by atoms with van der Waals surface area (Å²) in [5, 5.41) is 2.71. The number of rotatable bonds is 8. The summed E-state index contributed by atoms with van der Waals surface area (Å²) in [5.41, 5.74) is 2.77. The molecule has 4 heteroatoms. The van der Waals surface area contributed by atoms with Gasteiger partial charge in [0, 0.05) is 6.42 Å². The zero-order valence-electron chi connectivity index (χ0n) is 16.0. The van der Waals surface area contributed by atoms with Gasteiger partial charge < -0.3 is 10.1 Å². The normalized spacial score (nSPS) is 11.7. The Hall–Kier alpha value is -3.66. The molecular formula is C25H23NO3. The summed E-state index contributed by atoms with van der Waals surface area (Å²) >= 11 is 0. The van der Waals surface area contributed by atoms with E-state index in [-0.39, 0.29) is 12.4 Å². The minimum Gasteiger partial charge on any atom is -0.445 e. The molecule has 4 nitrogen and oxygen atoms in total. The molecule has 0 saturated carbocycles. The Morgan fingerprint density at radius 1 is 0.793 bits per heavy atom. The van der Waals surface area contributed by atoms with Crippen LogP contribution in [0.1, 0.15) is 16.7 Å². The molecule has 0 aromatic heterocycles. The van der Waals surface area contributed by atoms with Gasteiger partial charge in [0.25, 0.3) is 0 Å². The Bertz CT molecular complexity index is 938. The van der Waals surface area contributed by atoms with Crippen molar-refractivity contribution in [3.05, 3.63) is 114 Å². The number of ether oxygens (including phenoxy) is 1. The third-order valence-corrected chi connectivity index (χ3v) is 4.37. The minimum atomic E-state index is -0.708. The molecule has 3 rings (SSSR count). The van der Waals surface area contributed by atoms with Crippen molar-refractivity contribution < 1.29 is 14.3 Å². The number of carbonyl (C=O) groups excluding carboxylic acids is 2. The fraction of sp³-hybridized carbons (Fsp3) is 0.120. The number of nitrogens with one attached hydrogen (secondary N) is 1. The van der Waals surface area contributed by atoms with Crippen LogP contribution in [0.15, 0.2) is 97.1 Å². The van der Waals surface area contributed by atoms with Crippen LogP contribution in [0.3, 0.4) is 0 Å². The molecule has 3 aromatic carbocycles. The van der Waals surface area contributed by atoms with Crippen molar-refractivity contribution in [3.63, 3.8) is 0 Å². The van der Waals surface area contributed by atoms with Crippen LogP contribution in [-0.4, -0.2) is 17.9 Å². The van der Waals surface area contributed by atoms with Crippen LogP contribution in [-0.2, 0) is 22.6 Å². The Labute approximate surface area is 170 Å². The summed E-state index contributed by atoms with van der Waals surface area (Å²) in [7, 11) is 0. The molecule has 1 atom stereocenters. The SMILES string of the molecule is O=C(N[C@@H](Cc1ccccc1)C(=O)/C=C/c1ccccc1)OCc1ccccc1. The van der Waals surface area contributed by atoms with Gasteiger partial charge in [-0.25, -0.2) is 4.79 Å². The lowest BCUT2D eigenvalue weighted by Gasteiger charge is -2.16. The Kier molecular flexibility index (Phi) is 7.35. The van der Waals surface area contributed by atoms with Gasteiger partial charge in [-0.1, -0.05) is 97.1 Å². The predicted molar refractivity (Wildman–Crippen MR) is 114 cm³/mol. The van der Waals surface area contributed by atoms with E-state index in [2.05, 4.69) is 5.32 Å². The molecule has 1 N–H and O–H groups in total. The zero-order chi connectivity index (χ0) is 20.3. The molecule has 0 fully saturated rings. The molecule has 0 unspecified atom stereocenters. The van der Waals surface area contributed by atoms with Gasteiger partial charge >= 0.3 is 6.09 Å². The second-order valence-electron chi connectivity index (χ2n) is 6.59. The topological polar surface area (TPSA) is 55.4 Å². The predicted octanol–water partition coefficient (Wildman–Crippen LogP) is 4.81. The van der Waals surface area contributed by atoms with E-state index in [4.69, 9.17) is 4.74 Å². The summed E-state index contributed by atoms with van der Waals surface area (Å²) in [6.45, 7) is 0.152. The highest BCUT2D eigenvalue weighted by molar-refractivity contribution is 5.99. The van der Waals surface area contributed by atoms with Crippen LogP contribution in [0.5, 0.6) is 0 Å². The fourth-order valence-electron chi connectivity index (χ4n) is 2.84. The van der Waals surface area contributed by atoms with Crippen LogP contribution in [0, 0.1) is 0 Å². The van der Waals surface area contributed by atoms with Crippen molar-refractivity contribution in [1.29, 1.82) is 0 Å². The number of carbonyl (C=O) groups is 2. The van der Waals surface area contributed by atoms with E-state index in [0.717, 1.165) is 16.7 Å². The standard InChI is InChI=1S/C25H23NO3/c27-24(17-16-20-10-4-1-5-11-20)23(18-21-12-6-2-7-13-21)26-25(28)29-19-22-14-8-3-9-15-22/h1-17,23H,18-19H2,(H,26,28)/b17-16+/t23-/m0/s1. The van der Waals surface area contributed by atoms with Gasteiger partial charge in [0.05, 0.1) is 6.04 Å². The molecule has 3 aromatic rings. The molecule has 1 amide bonds. The van der Waals surface area contributed by atoms with Crippen molar-refractivity contribution in [1.82, 2.24) is 5.32 Å². The second kappa shape index (κ2) is 10.6. The van der Waals surface area contributed by atoms with E-state index in [1.54, 1.807) is 6.08 Å². The molecule has 0 saturated heterocycles. The summed E-state index contributed by atoms with van der Waals surface area (Å²) in [5.74, 6) is -0.186. The highest BCUT2D eigenvalue weighted by atomic mass is 16.5. The quantitative estimate of drug-likeness (QED) is 0.566. The molecular weight excluding hydrogens is 362 g/mol. The summed E-state index contributed by atoms with van der Waals surface area (Å²) in [4.78, 5) is 25.1. The fourth-order valence-corrected chi connectivity index (χ4v) is 2.84. The maximum Gasteiger partial charge on any atom is 0.408 e. The number of ketones is 1. The lowest BCUT2D eigenvalue weighted by Crippen LogP contribution is -2.42. The molecule has 146 valence electrons. The van der Waals surface area contributed by atoms with Crippen LogP contribution in [0.25, 0.3) is 6.08 Å². The third kappa shape index (κ3) is 6.78. The number of benzene rings is 3. The van der Waals surface area contributed by atoms with E-state index in [1.165, 1.54) is 6.08 Å². The number of alkyl carbamates (subject to hydrolysis) is 1. The first kappa shape index (κ1) is 20.1. The first-order chi connectivity index (χ1) is 14.2. The van der Waals surface area contributed by atoms with Gasteiger partial charge in [0.1, 0.15) is 6.61 Å². The van der Waals surface area contributed by atoms with E-state index >= 15 is 0 Å². The Morgan fingerprint density at radius 2 is 1.34 bits per heavy atom. The molecule has 0 heterocycles. The van der Waals surface area contributed by atoms with Gasteiger partial charge in [-0.2, -0.15) is 0 Å². The first-order valence-corrected chi connectivity index (χ1v) is 9.49. The van der Waals surface area contributed by atoms with Crippen molar-refractivity contribution in [2.45, 2.75) is 19.1 Å². The molecule has 0 aliphatic carbocycles. The Balaban J connectivity index is 1.66. The molecule has 0 spiro atoms. The van der Waals surface area contributed by atoms with E-state index in [0.29, 0.717) is 6.42 Å². The second-order valence-corrected chi connectivity index (χ2v) is 6.59. The number of amides is 1. The van der Waals surface area contributed by atoms with Crippen LogP contribution in [0.4, 0.5) is 4.79 Å². The monoisotopic (exact) mass is 385 g/mol. The summed E-state index contributed by atoms with van der Waals surface area (Å²) in [6.07, 6.45) is 3.02. The lowest BCUT2D eigenvalue weighted by molar-refractivity contribution is -0.116. The van der Waals surface area contributed by atoms with E-state index in [1.807, 2.05) is 91.0 Å². The smallest absolute Gasteiger partial charge is 0.408 e. The Morgan fingerprint density at radius 3 is 1.97 bits per heavy atom. The highest BCUT2D eigenvalue weighted by Crippen LogP contribution is 2.08. The maximum atomic E-state index is 12.8. The molecule has 0 aliphatic heterocycles. The first-order valence-electron chi connectivity index (χ1n) is 9.49. The van der Waals surface area contributed by atoms with E-state index < -0.39 is 12.1 Å². The van der Waals surface area contributed by atoms with Crippen LogP contribution in [0.2, 0.25) is 0 Å². The largest absolute Gasteiger partial charge is 0.445 e. The van der Waals surface area contributed by atoms with Crippen LogP contribution < -0.4 is 5.32 Å². The van der Waals surface area contributed by atoms with Gasteiger partial charge in [0.15, 0.2) is 5.78 Å². The van der Waals surface area contributed by atoms with Crippen molar-refractivity contribution in [2.75, 3.05) is 0 Å². The summed E-state index contributed by atoms with van der Waals surface area (Å²) < 4.78 is 5.28. The van der Waals surface area contributed by atoms with Crippen molar-refractivity contribution >= 4 is 18.0 Å². The zero-order valence-corrected chi connectivity index (χ0v) is 16.0. The average molecular weight is 385 g/mol. The minimum absolute atomic E-state index is 0.152. The molecule has 0 radical (unpaired) electrons. The third-order valence-electron chi connectivity index (χ3n) is 4.37. The molecule has 0 bridgehead atoms. The average Bonchev–Trinajstić information content (AvgIpc) is 2.78. The van der Waals surface area contributed by atoms with Crippen molar-refractivity contribution in [3.8, 4) is 0 Å². The number of hydrogen-bond donors (Lipinski definition) is 1. The van der Waals surface area contributed by atoms with Crippen molar-refractivity contribution in [2.24, 2.45) is 0 Å². The molecule has 29 heavy (non-hydrogen) atoms. The highest BCUT2D eigenvalue weighted by Gasteiger charge is 2.20. The summed E-state index contributed by atoms with van der Waals surface area (Å²) in [6, 6.07) is 27.9.